The fourth-order valence-corrected chi connectivity index (χ4v) is 3.62. The van der Waals surface area contributed by atoms with Gasteiger partial charge in [-0.25, -0.2) is 0 Å². The number of hydrogen-bond acceptors (Lipinski definition) is 4. The van der Waals surface area contributed by atoms with Crippen molar-refractivity contribution in [1.82, 2.24) is 10.2 Å². The number of carbonyl (C=O) groups is 1. The highest BCUT2D eigenvalue weighted by Gasteiger charge is 2.62. The minimum atomic E-state index is -4.72. The van der Waals surface area contributed by atoms with Crippen molar-refractivity contribution >= 4 is 5.91 Å². The quantitative estimate of drug-likeness (QED) is 0.784. The number of hydrogen-bond donors (Lipinski definition) is 1. The van der Waals surface area contributed by atoms with Gasteiger partial charge in [-0.15, -0.1) is 0 Å². The van der Waals surface area contributed by atoms with E-state index >= 15 is 0 Å². The lowest BCUT2D eigenvalue weighted by atomic mass is 9.85. The lowest BCUT2D eigenvalue weighted by Gasteiger charge is -2.35. The van der Waals surface area contributed by atoms with Crippen LogP contribution in [0.3, 0.4) is 0 Å². The maximum atomic E-state index is 13.8. The fourth-order valence-electron chi connectivity index (χ4n) is 3.62. The zero-order valence-corrected chi connectivity index (χ0v) is 14.9. The molecule has 1 N–H and O–H groups in total. The topological polar surface area (TPSA) is 50.8 Å². The van der Waals surface area contributed by atoms with Crippen LogP contribution in [0.4, 0.5) is 13.2 Å². The van der Waals surface area contributed by atoms with Gasteiger partial charge in [-0.05, 0) is 25.2 Å². The standard InChI is InChI=1S/C17H29F3N2O3/c1-2-4-14-5-3-10-25-16(13-14,17(18,19)20)15(23)21-6-7-22-8-11-24-12-9-22/h14H,2-13H2,1H3,(H,21,23)/t14?,16-/m0/s1. The van der Waals surface area contributed by atoms with E-state index in [0.29, 0.717) is 39.0 Å². The van der Waals surface area contributed by atoms with E-state index in [1.54, 1.807) is 0 Å². The molecule has 0 aliphatic carbocycles. The Bertz CT molecular complexity index is 428. The van der Waals surface area contributed by atoms with Crippen LogP contribution in [0.25, 0.3) is 0 Å². The first-order chi connectivity index (χ1) is 11.9. The molecule has 2 aliphatic rings. The van der Waals surface area contributed by atoms with E-state index in [-0.39, 0.29) is 25.5 Å². The van der Waals surface area contributed by atoms with Crippen LogP contribution in [0.2, 0.25) is 0 Å². The molecule has 2 atom stereocenters. The Morgan fingerprint density at radius 3 is 2.64 bits per heavy atom. The van der Waals surface area contributed by atoms with Gasteiger partial charge in [0, 0.05) is 32.8 Å². The first-order valence-electron chi connectivity index (χ1n) is 9.18. The van der Waals surface area contributed by atoms with Crippen molar-refractivity contribution in [3.05, 3.63) is 0 Å². The summed E-state index contributed by atoms with van der Waals surface area (Å²) in [5.41, 5.74) is -2.71. The van der Waals surface area contributed by atoms with Crippen molar-refractivity contribution in [2.24, 2.45) is 5.92 Å². The lowest BCUT2D eigenvalue weighted by Crippen LogP contribution is -2.60. The van der Waals surface area contributed by atoms with Gasteiger partial charge in [0.15, 0.2) is 0 Å². The molecular weight excluding hydrogens is 337 g/mol. The molecule has 0 aromatic rings. The number of ether oxygens (including phenoxy) is 2. The van der Waals surface area contributed by atoms with Gasteiger partial charge in [-0.2, -0.15) is 13.2 Å². The first-order valence-corrected chi connectivity index (χ1v) is 9.18. The molecule has 2 aliphatic heterocycles. The Labute approximate surface area is 147 Å². The first kappa shape index (κ1) is 20.5. The summed E-state index contributed by atoms with van der Waals surface area (Å²) >= 11 is 0. The Morgan fingerprint density at radius 1 is 1.28 bits per heavy atom. The minimum Gasteiger partial charge on any atom is -0.379 e. The second kappa shape index (κ2) is 9.19. The smallest absolute Gasteiger partial charge is 0.379 e. The van der Waals surface area contributed by atoms with Crippen molar-refractivity contribution in [1.29, 1.82) is 0 Å². The van der Waals surface area contributed by atoms with Gasteiger partial charge in [0.05, 0.1) is 13.2 Å². The average molecular weight is 366 g/mol. The summed E-state index contributed by atoms with van der Waals surface area (Å²) in [6.07, 6.45) is -2.28. The van der Waals surface area contributed by atoms with Gasteiger partial charge in [-0.1, -0.05) is 19.8 Å². The molecule has 0 aromatic heterocycles. The SMILES string of the molecule is CCCC1CCCO[C@@](C(=O)NCCN2CCOCC2)(C(F)(F)F)C1. The summed E-state index contributed by atoms with van der Waals surface area (Å²) < 4.78 is 51.8. The predicted molar refractivity (Wildman–Crippen MR) is 87.3 cm³/mol. The van der Waals surface area contributed by atoms with Crippen LogP contribution in [-0.4, -0.2) is 68.6 Å². The Balaban J connectivity index is 2.00. The van der Waals surface area contributed by atoms with Crippen LogP contribution in [-0.2, 0) is 14.3 Å². The van der Waals surface area contributed by atoms with E-state index in [1.807, 2.05) is 6.92 Å². The summed E-state index contributed by atoms with van der Waals surface area (Å²) in [6, 6.07) is 0. The summed E-state index contributed by atoms with van der Waals surface area (Å²) in [4.78, 5) is 14.6. The zero-order chi connectivity index (χ0) is 18.3. The van der Waals surface area contributed by atoms with Crippen LogP contribution in [0.15, 0.2) is 0 Å². The third-order valence-corrected chi connectivity index (χ3v) is 5.02. The van der Waals surface area contributed by atoms with Crippen molar-refractivity contribution in [3.8, 4) is 0 Å². The number of carbonyl (C=O) groups excluding carboxylic acids is 1. The lowest BCUT2D eigenvalue weighted by molar-refractivity contribution is -0.269. The zero-order valence-electron chi connectivity index (χ0n) is 14.9. The molecule has 8 heteroatoms. The third kappa shape index (κ3) is 5.31. The molecule has 2 saturated heterocycles. The fraction of sp³-hybridized carbons (Fsp3) is 0.941. The Hall–Kier alpha value is -0.860. The molecule has 2 rings (SSSR count). The average Bonchev–Trinajstić information content (AvgIpc) is 2.79. The maximum Gasteiger partial charge on any atom is 0.426 e. The monoisotopic (exact) mass is 366 g/mol. The van der Waals surface area contributed by atoms with Crippen LogP contribution in [0.1, 0.15) is 39.0 Å². The van der Waals surface area contributed by atoms with Gasteiger partial charge < -0.3 is 14.8 Å². The molecule has 0 saturated carbocycles. The number of nitrogens with one attached hydrogen (secondary N) is 1. The van der Waals surface area contributed by atoms with Crippen LogP contribution < -0.4 is 5.32 Å². The second-order valence-electron chi connectivity index (χ2n) is 6.88. The number of rotatable bonds is 6. The van der Waals surface area contributed by atoms with Crippen molar-refractivity contribution in [3.63, 3.8) is 0 Å². The van der Waals surface area contributed by atoms with E-state index in [0.717, 1.165) is 19.5 Å². The van der Waals surface area contributed by atoms with Crippen LogP contribution >= 0.6 is 0 Å². The summed E-state index contributed by atoms with van der Waals surface area (Å²) in [6.45, 7) is 5.30. The van der Waals surface area contributed by atoms with E-state index in [9.17, 15) is 18.0 Å². The van der Waals surface area contributed by atoms with E-state index in [4.69, 9.17) is 9.47 Å². The van der Waals surface area contributed by atoms with E-state index < -0.39 is 17.7 Å². The molecule has 25 heavy (non-hydrogen) atoms. The summed E-state index contributed by atoms with van der Waals surface area (Å²) in [5.74, 6) is -1.18. The highest BCUT2D eigenvalue weighted by Crippen LogP contribution is 2.42. The number of alkyl halides is 3. The predicted octanol–water partition coefficient (Wildman–Crippen LogP) is 2.35. The van der Waals surface area contributed by atoms with E-state index in [1.165, 1.54) is 0 Å². The van der Waals surface area contributed by atoms with Gasteiger partial charge in [0.2, 0.25) is 5.60 Å². The molecule has 146 valence electrons. The molecule has 2 heterocycles. The summed E-state index contributed by atoms with van der Waals surface area (Å²) in [5, 5.41) is 2.47. The molecule has 5 nitrogen and oxygen atoms in total. The highest BCUT2D eigenvalue weighted by molar-refractivity contribution is 5.86. The molecule has 2 fully saturated rings. The van der Waals surface area contributed by atoms with Crippen LogP contribution in [0, 0.1) is 5.92 Å². The number of nitrogens with zero attached hydrogens (tertiary/aromatic N) is 1. The van der Waals surface area contributed by atoms with Crippen LogP contribution in [0.5, 0.6) is 0 Å². The molecule has 1 amide bonds. The molecule has 1 unspecified atom stereocenters. The molecule has 0 radical (unpaired) electrons. The van der Waals surface area contributed by atoms with Gasteiger partial charge >= 0.3 is 6.18 Å². The normalized spacial score (nSPS) is 29.2. The van der Waals surface area contributed by atoms with Gasteiger partial charge in [0.1, 0.15) is 0 Å². The van der Waals surface area contributed by atoms with Gasteiger partial charge in [0.25, 0.3) is 5.91 Å². The highest BCUT2D eigenvalue weighted by atomic mass is 19.4. The number of amides is 1. The van der Waals surface area contributed by atoms with Gasteiger partial charge in [-0.3, -0.25) is 9.69 Å². The molecular formula is C17H29F3N2O3. The maximum absolute atomic E-state index is 13.8. The van der Waals surface area contributed by atoms with E-state index in [2.05, 4.69) is 10.2 Å². The number of morpholine rings is 1. The second-order valence-corrected chi connectivity index (χ2v) is 6.88. The molecule has 0 spiro atoms. The minimum absolute atomic E-state index is 0.0311. The number of halogens is 3. The van der Waals surface area contributed by atoms with Crippen molar-refractivity contribution in [2.75, 3.05) is 46.0 Å². The Kier molecular flexibility index (Phi) is 7.51. The van der Waals surface area contributed by atoms with Crippen molar-refractivity contribution in [2.45, 2.75) is 50.8 Å². The van der Waals surface area contributed by atoms with Crippen molar-refractivity contribution < 1.29 is 27.4 Å². The Morgan fingerprint density at radius 2 is 2.00 bits per heavy atom. The largest absolute Gasteiger partial charge is 0.426 e. The molecule has 0 aromatic carbocycles. The third-order valence-electron chi connectivity index (χ3n) is 5.02. The molecule has 0 bridgehead atoms. The summed E-state index contributed by atoms with van der Waals surface area (Å²) in [7, 11) is 0.